The monoisotopic (exact) mass is 440 g/mol. The molecule has 4 saturated carbocycles. The van der Waals surface area contributed by atoms with Crippen molar-refractivity contribution in [2.75, 3.05) is 6.61 Å². The molecule has 4 fully saturated rings. The molecule has 32 heavy (non-hydrogen) atoms. The van der Waals surface area contributed by atoms with Crippen LogP contribution in [-0.2, 0) is 0 Å². The molecular formula is C30H48O2. The van der Waals surface area contributed by atoms with E-state index < -0.39 is 5.41 Å². The maximum Gasteiger partial charge on any atom is 0.0619 e. The summed E-state index contributed by atoms with van der Waals surface area (Å²) in [6.45, 7) is 17.5. The minimum absolute atomic E-state index is 0.0704. The summed E-state index contributed by atoms with van der Waals surface area (Å²) < 4.78 is 0. The minimum atomic E-state index is -0.390. The summed E-state index contributed by atoms with van der Waals surface area (Å²) in [6, 6.07) is 0. The van der Waals surface area contributed by atoms with Crippen LogP contribution in [0.4, 0.5) is 0 Å². The van der Waals surface area contributed by atoms with Gasteiger partial charge in [0.15, 0.2) is 0 Å². The van der Waals surface area contributed by atoms with E-state index in [1.165, 1.54) is 32.1 Å². The molecule has 180 valence electrons. The van der Waals surface area contributed by atoms with Gasteiger partial charge in [0, 0.05) is 5.41 Å². The normalized spacial score (nSPS) is 57.3. The third-order valence-corrected chi connectivity index (χ3v) is 12.9. The summed E-state index contributed by atoms with van der Waals surface area (Å²) in [5, 5.41) is 21.3. The molecule has 0 aromatic heterocycles. The Bertz CT molecular complexity index is 857. The van der Waals surface area contributed by atoms with Gasteiger partial charge in [-0.25, -0.2) is 0 Å². The van der Waals surface area contributed by atoms with Gasteiger partial charge in [0.2, 0.25) is 0 Å². The van der Waals surface area contributed by atoms with Crippen molar-refractivity contribution < 1.29 is 10.2 Å². The third-order valence-electron chi connectivity index (χ3n) is 12.9. The van der Waals surface area contributed by atoms with Crippen molar-refractivity contribution in [2.24, 2.45) is 50.7 Å². The van der Waals surface area contributed by atoms with Gasteiger partial charge in [-0.1, -0.05) is 71.8 Å². The molecule has 2 heteroatoms. The maximum atomic E-state index is 10.9. The average molecular weight is 441 g/mol. The van der Waals surface area contributed by atoms with Crippen LogP contribution >= 0.6 is 0 Å². The summed E-state index contributed by atoms with van der Waals surface area (Å²) in [7, 11) is 0. The smallest absolute Gasteiger partial charge is 0.0619 e. The highest BCUT2D eigenvalue weighted by Gasteiger charge is 2.66. The SMILES string of the molecule is C[C@H]1[C@H](C)CC[C@]2(C)CC[C@]3(C)C(=CC=C4[C@@]5(C)CC[C@@H](O)[C@](C)(CO)[C@@H]5CC[C@]43C)[C@H]12. The van der Waals surface area contributed by atoms with Crippen molar-refractivity contribution in [1.82, 2.24) is 0 Å². The fourth-order valence-electron chi connectivity index (χ4n) is 10.2. The van der Waals surface area contributed by atoms with Crippen molar-refractivity contribution in [3.8, 4) is 0 Å². The first-order valence-electron chi connectivity index (χ1n) is 13.6. The number of rotatable bonds is 1. The van der Waals surface area contributed by atoms with Gasteiger partial charge in [-0.2, -0.15) is 0 Å². The van der Waals surface area contributed by atoms with Crippen LogP contribution in [0.15, 0.2) is 23.3 Å². The summed E-state index contributed by atoms with van der Waals surface area (Å²) in [6.07, 6.45) is 14.3. The van der Waals surface area contributed by atoms with E-state index in [-0.39, 0.29) is 29.0 Å². The molecule has 0 heterocycles. The van der Waals surface area contributed by atoms with Crippen LogP contribution in [0.2, 0.25) is 0 Å². The lowest BCUT2D eigenvalue weighted by Gasteiger charge is -2.69. The average Bonchev–Trinajstić information content (AvgIpc) is 2.75. The Morgan fingerprint density at radius 1 is 0.844 bits per heavy atom. The summed E-state index contributed by atoms with van der Waals surface area (Å²) >= 11 is 0. The molecule has 5 aliphatic rings. The number of allylic oxidation sites excluding steroid dienone is 4. The van der Waals surface area contributed by atoms with E-state index in [2.05, 4.69) is 60.6 Å². The van der Waals surface area contributed by atoms with Crippen LogP contribution in [0, 0.1) is 50.7 Å². The summed E-state index contributed by atoms with van der Waals surface area (Å²) in [5.41, 5.74) is 3.96. The number of hydrogen-bond acceptors (Lipinski definition) is 2. The Morgan fingerprint density at radius 2 is 1.56 bits per heavy atom. The zero-order valence-corrected chi connectivity index (χ0v) is 21.8. The molecule has 0 aromatic carbocycles. The molecule has 0 bridgehead atoms. The Morgan fingerprint density at radius 3 is 2.25 bits per heavy atom. The standard InChI is InChI=1S/C30H48O2/c1-19-10-13-26(3)16-17-29(6)21(25(26)20(19)2)8-9-23-27(4)14-12-24(32)28(5,18-31)22(27)11-15-30(23,29)7/h8-9,19-20,22,24-25,31-32H,10-18H2,1-7H3/t19-,20+,22-,24-,25+,26-,27+,28-,29-,30-/m1/s1. The molecule has 0 amide bonds. The fourth-order valence-corrected chi connectivity index (χ4v) is 10.2. The van der Waals surface area contributed by atoms with E-state index in [1.807, 2.05) is 0 Å². The first-order valence-corrected chi connectivity index (χ1v) is 13.6. The number of fused-ring (bicyclic) bond motifs is 7. The van der Waals surface area contributed by atoms with Crippen molar-refractivity contribution in [1.29, 1.82) is 0 Å². The molecule has 0 aliphatic heterocycles. The molecule has 5 aliphatic carbocycles. The zero-order valence-electron chi connectivity index (χ0n) is 21.8. The fraction of sp³-hybridized carbons (Fsp3) is 0.867. The van der Waals surface area contributed by atoms with Crippen LogP contribution in [-0.4, -0.2) is 22.9 Å². The Hall–Kier alpha value is -0.600. The van der Waals surface area contributed by atoms with Gasteiger partial charge in [0.1, 0.15) is 0 Å². The van der Waals surface area contributed by atoms with E-state index in [1.54, 1.807) is 11.1 Å². The van der Waals surface area contributed by atoms with Crippen LogP contribution in [0.3, 0.4) is 0 Å². The van der Waals surface area contributed by atoms with Crippen molar-refractivity contribution in [3.05, 3.63) is 23.3 Å². The Balaban J connectivity index is 1.64. The van der Waals surface area contributed by atoms with Gasteiger partial charge in [-0.15, -0.1) is 0 Å². The van der Waals surface area contributed by atoms with Crippen LogP contribution in [0.1, 0.15) is 99.8 Å². The van der Waals surface area contributed by atoms with Gasteiger partial charge in [0.25, 0.3) is 0 Å². The van der Waals surface area contributed by atoms with Crippen molar-refractivity contribution in [2.45, 2.75) is 106 Å². The van der Waals surface area contributed by atoms with E-state index >= 15 is 0 Å². The predicted molar refractivity (Wildman–Crippen MR) is 132 cm³/mol. The maximum absolute atomic E-state index is 10.9. The predicted octanol–water partition coefficient (Wildman–Crippen LogP) is 6.92. The Labute approximate surface area is 197 Å². The minimum Gasteiger partial charge on any atom is -0.396 e. The van der Waals surface area contributed by atoms with Gasteiger partial charge >= 0.3 is 0 Å². The van der Waals surface area contributed by atoms with Crippen LogP contribution in [0.5, 0.6) is 0 Å². The van der Waals surface area contributed by atoms with Crippen LogP contribution < -0.4 is 0 Å². The summed E-state index contributed by atoms with van der Waals surface area (Å²) in [4.78, 5) is 0. The second-order valence-electron chi connectivity index (χ2n) is 14.1. The van der Waals surface area contributed by atoms with E-state index in [9.17, 15) is 10.2 Å². The number of hydrogen-bond donors (Lipinski definition) is 2. The van der Waals surface area contributed by atoms with Gasteiger partial charge in [0.05, 0.1) is 12.7 Å². The van der Waals surface area contributed by atoms with Gasteiger partial charge < -0.3 is 10.2 Å². The second-order valence-corrected chi connectivity index (χ2v) is 14.1. The highest BCUT2D eigenvalue weighted by Crippen LogP contribution is 2.74. The molecule has 2 N–H and O–H groups in total. The van der Waals surface area contributed by atoms with Gasteiger partial charge in [-0.3, -0.25) is 0 Å². The molecule has 0 saturated heterocycles. The lowest BCUT2D eigenvalue weighted by Crippen LogP contribution is -2.62. The van der Waals surface area contributed by atoms with Gasteiger partial charge in [-0.05, 0) is 96.7 Å². The number of aliphatic hydroxyl groups is 2. The lowest BCUT2D eigenvalue weighted by molar-refractivity contribution is -0.149. The Kier molecular flexibility index (Phi) is 5.04. The first-order chi connectivity index (χ1) is 14.9. The molecule has 0 aromatic rings. The molecular weight excluding hydrogens is 392 g/mol. The molecule has 2 nitrogen and oxygen atoms in total. The summed E-state index contributed by atoms with van der Waals surface area (Å²) in [5.74, 6) is 2.63. The molecule has 0 radical (unpaired) electrons. The zero-order chi connectivity index (χ0) is 23.3. The van der Waals surface area contributed by atoms with E-state index in [4.69, 9.17) is 0 Å². The third kappa shape index (κ3) is 2.61. The highest BCUT2D eigenvalue weighted by molar-refractivity contribution is 5.45. The number of aliphatic hydroxyl groups excluding tert-OH is 2. The second kappa shape index (κ2) is 6.97. The quantitative estimate of drug-likeness (QED) is 0.465. The lowest BCUT2D eigenvalue weighted by atomic mass is 9.36. The molecule has 5 rings (SSSR count). The topological polar surface area (TPSA) is 40.5 Å². The highest BCUT2D eigenvalue weighted by atomic mass is 16.3. The first kappa shape index (κ1) is 23.2. The van der Waals surface area contributed by atoms with Crippen molar-refractivity contribution >= 4 is 0 Å². The van der Waals surface area contributed by atoms with E-state index in [0.29, 0.717) is 17.3 Å². The van der Waals surface area contributed by atoms with E-state index in [0.717, 1.165) is 31.1 Å². The van der Waals surface area contributed by atoms with Crippen molar-refractivity contribution in [3.63, 3.8) is 0 Å². The largest absolute Gasteiger partial charge is 0.396 e. The molecule has 10 atom stereocenters. The molecule has 0 unspecified atom stereocenters. The van der Waals surface area contributed by atoms with Crippen LogP contribution in [0.25, 0.3) is 0 Å². The molecule has 0 spiro atoms.